The Kier molecular flexibility index (Phi) is 6.17. The Morgan fingerprint density at radius 1 is 1.18 bits per heavy atom. The van der Waals surface area contributed by atoms with Gasteiger partial charge in [0.2, 0.25) is 0 Å². The zero-order chi connectivity index (χ0) is 20.3. The topological polar surface area (TPSA) is 76.1 Å². The second-order valence-electron chi connectivity index (χ2n) is 6.37. The molecule has 0 saturated carbocycles. The molecule has 0 spiro atoms. The number of benzene rings is 2. The summed E-state index contributed by atoms with van der Waals surface area (Å²) in [5.41, 5.74) is 3.25. The van der Waals surface area contributed by atoms with Crippen molar-refractivity contribution in [2.75, 3.05) is 12.8 Å². The SMILES string of the molecule is Cc1nc(-c2ccc(CCNC(=O)c3cc(S(C)(=O)=O)ccc3Cl)cc2)cs1. The first-order valence-electron chi connectivity index (χ1n) is 8.53. The number of aromatic nitrogens is 1. The van der Waals surface area contributed by atoms with Gasteiger partial charge in [0.15, 0.2) is 9.84 Å². The van der Waals surface area contributed by atoms with Gasteiger partial charge in [0, 0.05) is 23.7 Å². The van der Waals surface area contributed by atoms with Crippen LogP contribution in [0.3, 0.4) is 0 Å². The first-order chi connectivity index (χ1) is 13.2. The molecule has 0 bridgehead atoms. The number of carbonyl (C=O) groups is 1. The summed E-state index contributed by atoms with van der Waals surface area (Å²) in [4.78, 5) is 16.9. The van der Waals surface area contributed by atoms with Crippen LogP contribution in [0.1, 0.15) is 20.9 Å². The molecule has 0 saturated heterocycles. The molecule has 146 valence electrons. The van der Waals surface area contributed by atoms with Crippen LogP contribution in [0.4, 0.5) is 0 Å². The lowest BCUT2D eigenvalue weighted by Gasteiger charge is -2.09. The van der Waals surface area contributed by atoms with Crippen molar-refractivity contribution >= 4 is 38.7 Å². The summed E-state index contributed by atoms with van der Waals surface area (Å²) in [6.07, 6.45) is 1.74. The fourth-order valence-electron chi connectivity index (χ4n) is 2.66. The number of thiazole rings is 1. The van der Waals surface area contributed by atoms with Gasteiger partial charge in [0.1, 0.15) is 0 Å². The van der Waals surface area contributed by atoms with E-state index in [0.29, 0.717) is 13.0 Å². The van der Waals surface area contributed by atoms with E-state index >= 15 is 0 Å². The van der Waals surface area contributed by atoms with E-state index in [2.05, 4.69) is 10.3 Å². The predicted octanol–water partition coefficient (Wildman–Crippen LogP) is 4.15. The molecule has 0 unspecified atom stereocenters. The molecule has 0 atom stereocenters. The van der Waals surface area contributed by atoms with Crippen molar-refractivity contribution < 1.29 is 13.2 Å². The standard InChI is InChI=1S/C20H19ClN2O3S2/c1-13-23-19(12-27-13)15-5-3-14(4-6-15)9-10-22-20(24)17-11-16(28(2,25)26)7-8-18(17)21/h3-8,11-12H,9-10H2,1-2H3,(H,22,24). The van der Waals surface area contributed by atoms with Crippen molar-refractivity contribution in [2.45, 2.75) is 18.2 Å². The summed E-state index contributed by atoms with van der Waals surface area (Å²) < 4.78 is 23.3. The zero-order valence-corrected chi connectivity index (χ0v) is 17.8. The minimum absolute atomic E-state index is 0.0647. The average molecular weight is 435 g/mol. The van der Waals surface area contributed by atoms with Crippen LogP contribution >= 0.6 is 22.9 Å². The van der Waals surface area contributed by atoms with Crippen LogP contribution in [0.2, 0.25) is 5.02 Å². The molecule has 0 radical (unpaired) electrons. The van der Waals surface area contributed by atoms with Gasteiger partial charge in [0.25, 0.3) is 5.91 Å². The molecular formula is C20H19ClN2O3S2. The molecule has 2 aromatic carbocycles. The molecule has 0 aliphatic carbocycles. The second-order valence-corrected chi connectivity index (χ2v) is 9.85. The van der Waals surface area contributed by atoms with Crippen LogP contribution in [0.25, 0.3) is 11.3 Å². The maximum absolute atomic E-state index is 12.4. The summed E-state index contributed by atoms with van der Waals surface area (Å²) in [6, 6.07) is 12.2. The smallest absolute Gasteiger partial charge is 0.252 e. The van der Waals surface area contributed by atoms with Gasteiger partial charge in [-0.1, -0.05) is 35.9 Å². The molecule has 28 heavy (non-hydrogen) atoms. The Morgan fingerprint density at radius 3 is 2.50 bits per heavy atom. The Morgan fingerprint density at radius 2 is 1.89 bits per heavy atom. The van der Waals surface area contributed by atoms with Crippen LogP contribution in [0.15, 0.2) is 52.7 Å². The summed E-state index contributed by atoms with van der Waals surface area (Å²) in [5, 5.41) is 6.06. The highest BCUT2D eigenvalue weighted by Gasteiger charge is 2.15. The molecule has 1 heterocycles. The lowest BCUT2D eigenvalue weighted by atomic mass is 10.1. The van der Waals surface area contributed by atoms with Gasteiger partial charge in [-0.15, -0.1) is 11.3 Å². The molecule has 3 rings (SSSR count). The highest BCUT2D eigenvalue weighted by Crippen LogP contribution is 2.22. The molecule has 0 fully saturated rings. The highest BCUT2D eigenvalue weighted by molar-refractivity contribution is 7.90. The Labute approximate surface area is 173 Å². The largest absolute Gasteiger partial charge is 0.352 e. The molecule has 5 nitrogen and oxygen atoms in total. The Hall–Kier alpha value is -2.22. The van der Waals surface area contributed by atoms with Gasteiger partial charge >= 0.3 is 0 Å². The fraction of sp³-hybridized carbons (Fsp3) is 0.200. The van der Waals surface area contributed by atoms with E-state index < -0.39 is 15.7 Å². The molecule has 1 amide bonds. The first kappa shape index (κ1) is 20.5. The third-order valence-electron chi connectivity index (χ3n) is 4.18. The van der Waals surface area contributed by atoms with Gasteiger partial charge in [-0.2, -0.15) is 0 Å². The minimum Gasteiger partial charge on any atom is -0.352 e. The van der Waals surface area contributed by atoms with Crippen molar-refractivity contribution in [3.63, 3.8) is 0 Å². The maximum atomic E-state index is 12.4. The van der Waals surface area contributed by atoms with Crippen molar-refractivity contribution in [1.82, 2.24) is 10.3 Å². The quantitative estimate of drug-likeness (QED) is 0.632. The number of aryl methyl sites for hydroxylation is 1. The van der Waals surface area contributed by atoms with Crippen LogP contribution in [0, 0.1) is 6.92 Å². The van der Waals surface area contributed by atoms with Gasteiger partial charge < -0.3 is 5.32 Å². The summed E-state index contributed by atoms with van der Waals surface area (Å²) >= 11 is 7.67. The minimum atomic E-state index is -3.41. The molecule has 0 aliphatic heterocycles. The number of hydrogen-bond donors (Lipinski definition) is 1. The van der Waals surface area contributed by atoms with Gasteiger partial charge in [-0.05, 0) is 37.1 Å². The Balaban J connectivity index is 1.61. The molecule has 1 aromatic heterocycles. The second kappa shape index (κ2) is 8.43. The van der Waals surface area contributed by atoms with Gasteiger partial charge in [0.05, 0.1) is 26.2 Å². The highest BCUT2D eigenvalue weighted by atomic mass is 35.5. The van der Waals surface area contributed by atoms with Crippen molar-refractivity contribution in [1.29, 1.82) is 0 Å². The van der Waals surface area contributed by atoms with E-state index in [0.717, 1.165) is 28.1 Å². The number of carbonyl (C=O) groups excluding carboxylic acids is 1. The molecular weight excluding hydrogens is 416 g/mol. The van der Waals surface area contributed by atoms with Crippen LogP contribution in [-0.2, 0) is 16.3 Å². The lowest BCUT2D eigenvalue weighted by Crippen LogP contribution is -2.26. The van der Waals surface area contributed by atoms with Crippen molar-refractivity contribution in [2.24, 2.45) is 0 Å². The molecule has 0 aliphatic rings. The number of amides is 1. The fourth-order valence-corrected chi connectivity index (χ4v) is 4.14. The Bertz CT molecular complexity index is 1110. The van der Waals surface area contributed by atoms with Crippen LogP contribution in [0.5, 0.6) is 0 Å². The van der Waals surface area contributed by atoms with E-state index in [1.165, 1.54) is 18.2 Å². The maximum Gasteiger partial charge on any atom is 0.252 e. The number of sulfone groups is 1. The number of halogens is 1. The zero-order valence-electron chi connectivity index (χ0n) is 15.4. The predicted molar refractivity (Wildman–Crippen MR) is 113 cm³/mol. The molecule has 1 N–H and O–H groups in total. The summed E-state index contributed by atoms with van der Waals surface area (Å²) in [7, 11) is -3.41. The van der Waals surface area contributed by atoms with Gasteiger partial charge in [-0.25, -0.2) is 13.4 Å². The van der Waals surface area contributed by atoms with Crippen molar-refractivity contribution in [3.05, 3.63) is 69.0 Å². The van der Waals surface area contributed by atoms with E-state index in [4.69, 9.17) is 11.6 Å². The first-order valence-corrected chi connectivity index (χ1v) is 11.7. The number of nitrogens with zero attached hydrogens (tertiary/aromatic N) is 1. The van der Waals surface area contributed by atoms with Gasteiger partial charge in [-0.3, -0.25) is 4.79 Å². The number of hydrogen-bond acceptors (Lipinski definition) is 5. The monoisotopic (exact) mass is 434 g/mol. The number of nitrogens with one attached hydrogen (secondary N) is 1. The summed E-state index contributed by atoms with van der Waals surface area (Å²) in [6.45, 7) is 2.39. The molecule has 3 aromatic rings. The third kappa shape index (κ3) is 4.98. The lowest BCUT2D eigenvalue weighted by molar-refractivity contribution is 0.0954. The number of rotatable bonds is 6. The van der Waals surface area contributed by atoms with E-state index in [1.807, 2.05) is 36.6 Å². The third-order valence-corrected chi connectivity index (χ3v) is 6.39. The van der Waals surface area contributed by atoms with Crippen LogP contribution in [-0.4, -0.2) is 32.1 Å². The normalized spacial score (nSPS) is 11.4. The molecule has 8 heteroatoms. The van der Waals surface area contributed by atoms with E-state index in [1.54, 1.807) is 11.3 Å². The average Bonchev–Trinajstić information content (AvgIpc) is 3.08. The van der Waals surface area contributed by atoms with Crippen molar-refractivity contribution in [3.8, 4) is 11.3 Å². The van der Waals surface area contributed by atoms with E-state index in [-0.39, 0.29) is 15.5 Å². The van der Waals surface area contributed by atoms with E-state index in [9.17, 15) is 13.2 Å². The summed E-state index contributed by atoms with van der Waals surface area (Å²) in [5.74, 6) is -0.398. The van der Waals surface area contributed by atoms with Crippen LogP contribution < -0.4 is 5.32 Å².